The van der Waals surface area contributed by atoms with Gasteiger partial charge in [-0.3, -0.25) is 9.36 Å². The molecule has 4 heteroatoms. The molecule has 17 heavy (non-hydrogen) atoms. The fourth-order valence-electron chi connectivity index (χ4n) is 1.62. The molecule has 88 valence electrons. The lowest BCUT2D eigenvalue weighted by atomic mass is 10.2. The molecule has 0 saturated heterocycles. The second-order valence-corrected chi connectivity index (χ2v) is 4.69. The molecule has 0 atom stereocenters. The molecule has 0 spiro atoms. The van der Waals surface area contributed by atoms with E-state index in [-0.39, 0.29) is 5.91 Å². The third-order valence-electron chi connectivity index (χ3n) is 2.51. The average Bonchev–Trinajstić information content (AvgIpc) is 2.78. The standard InChI is InChI=1S/C13H13BrN2O/c14-12-3-1-11(2-4-12)13(17)16-8-6-10(9-16)5-7-15/h1-4,6,8-9H,5,7,15H2. The second-order valence-electron chi connectivity index (χ2n) is 3.78. The van der Waals surface area contributed by atoms with Crippen LogP contribution >= 0.6 is 15.9 Å². The van der Waals surface area contributed by atoms with Gasteiger partial charge in [-0.25, -0.2) is 0 Å². The normalized spacial score (nSPS) is 10.5. The first-order chi connectivity index (χ1) is 8.20. The van der Waals surface area contributed by atoms with E-state index in [1.807, 2.05) is 24.4 Å². The Morgan fingerprint density at radius 2 is 1.94 bits per heavy atom. The van der Waals surface area contributed by atoms with Gasteiger partial charge in [0.25, 0.3) is 5.91 Å². The molecular weight excluding hydrogens is 280 g/mol. The fourth-order valence-corrected chi connectivity index (χ4v) is 1.89. The van der Waals surface area contributed by atoms with Gasteiger partial charge in [-0.05, 0) is 48.9 Å². The topological polar surface area (TPSA) is 48.0 Å². The fraction of sp³-hybridized carbons (Fsp3) is 0.154. The molecule has 1 aromatic carbocycles. The van der Waals surface area contributed by atoms with E-state index < -0.39 is 0 Å². The number of aromatic nitrogens is 1. The van der Waals surface area contributed by atoms with Gasteiger partial charge in [-0.2, -0.15) is 0 Å². The molecule has 0 fully saturated rings. The van der Waals surface area contributed by atoms with Gasteiger partial charge in [-0.15, -0.1) is 0 Å². The van der Waals surface area contributed by atoms with Crippen LogP contribution in [0, 0.1) is 0 Å². The molecule has 0 bridgehead atoms. The average molecular weight is 293 g/mol. The summed E-state index contributed by atoms with van der Waals surface area (Å²) in [6, 6.07) is 9.24. The summed E-state index contributed by atoms with van der Waals surface area (Å²) in [5.41, 5.74) is 7.23. The van der Waals surface area contributed by atoms with Crippen LogP contribution in [0.5, 0.6) is 0 Å². The summed E-state index contributed by atoms with van der Waals surface area (Å²) in [6.45, 7) is 0.594. The van der Waals surface area contributed by atoms with Gasteiger partial charge in [0.15, 0.2) is 0 Å². The molecule has 0 saturated carbocycles. The number of rotatable bonds is 3. The van der Waals surface area contributed by atoms with Crippen LogP contribution in [0.1, 0.15) is 15.9 Å². The van der Waals surface area contributed by atoms with Crippen molar-refractivity contribution in [1.29, 1.82) is 0 Å². The molecule has 2 rings (SSSR count). The maximum absolute atomic E-state index is 12.1. The first kappa shape index (κ1) is 12.1. The number of carbonyl (C=O) groups excluding carboxylic acids is 1. The molecule has 0 unspecified atom stereocenters. The van der Waals surface area contributed by atoms with Gasteiger partial charge < -0.3 is 5.73 Å². The highest BCUT2D eigenvalue weighted by molar-refractivity contribution is 9.10. The predicted octanol–water partition coefficient (Wildman–Crippen LogP) is 2.44. The Bertz CT molecular complexity index is 516. The highest BCUT2D eigenvalue weighted by atomic mass is 79.9. The van der Waals surface area contributed by atoms with Crippen molar-refractivity contribution in [3.63, 3.8) is 0 Å². The zero-order valence-corrected chi connectivity index (χ0v) is 10.9. The van der Waals surface area contributed by atoms with Crippen molar-refractivity contribution in [2.75, 3.05) is 6.54 Å². The van der Waals surface area contributed by atoms with Crippen molar-refractivity contribution >= 4 is 21.8 Å². The number of hydrogen-bond acceptors (Lipinski definition) is 2. The molecule has 1 aromatic heterocycles. The molecule has 0 radical (unpaired) electrons. The van der Waals surface area contributed by atoms with E-state index in [4.69, 9.17) is 5.73 Å². The Morgan fingerprint density at radius 1 is 1.24 bits per heavy atom. The van der Waals surface area contributed by atoms with Crippen LogP contribution in [-0.2, 0) is 6.42 Å². The number of nitrogens with zero attached hydrogens (tertiary/aromatic N) is 1. The van der Waals surface area contributed by atoms with Crippen molar-refractivity contribution in [2.45, 2.75) is 6.42 Å². The highest BCUT2D eigenvalue weighted by Gasteiger charge is 2.08. The summed E-state index contributed by atoms with van der Waals surface area (Å²) in [5, 5.41) is 0. The lowest BCUT2D eigenvalue weighted by Gasteiger charge is -2.01. The van der Waals surface area contributed by atoms with Crippen LogP contribution < -0.4 is 5.73 Å². The van der Waals surface area contributed by atoms with Gasteiger partial charge in [0.1, 0.15) is 0 Å². The minimum Gasteiger partial charge on any atom is -0.330 e. The first-order valence-corrected chi connectivity index (χ1v) is 6.17. The van der Waals surface area contributed by atoms with Gasteiger partial charge >= 0.3 is 0 Å². The third-order valence-corrected chi connectivity index (χ3v) is 3.04. The van der Waals surface area contributed by atoms with E-state index in [1.165, 1.54) is 0 Å². The Kier molecular flexibility index (Phi) is 3.76. The largest absolute Gasteiger partial charge is 0.330 e. The van der Waals surface area contributed by atoms with Crippen molar-refractivity contribution < 1.29 is 4.79 Å². The van der Waals surface area contributed by atoms with Gasteiger partial charge in [0.2, 0.25) is 0 Å². The number of halogens is 1. The van der Waals surface area contributed by atoms with Crippen LogP contribution in [0.15, 0.2) is 47.2 Å². The maximum atomic E-state index is 12.1. The van der Waals surface area contributed by atoms with Crippen LogP contribution in [0.4, 0.5) is 0 Å². The molecule has 3 nitrogen and oxygen atoms in total. The van der Waals surface area contributed by atoms with Gasteiger partial charge in [0, 0.05) is 22.4 Å². The molecule has 0 aliphatic rings. The Labute approximate surface area is 108 Å². The van der Waals surface area contributed by atoms with Gasteiger partial charge in [0.05, 0.1) is 0 Å². The second kappa shape index (κ2) is 5.29. The van der Waals surface area contributed by atoms with Crippen molar-refractivity contribution in [3.05, 3.63) is 58.3 Å². The Morgan fingerprint density at radius 3 is 2.59 bits per heavy atom. The molecule has 2 aromatic rings. The van der Waals surface area contributed by atoms with E-state index >= 15 is 0 Å². The van der Waals surface area contributed by atoms with E-state index in [0.29, 0.717) is 12.1 Å². The van der Waals surface area contributed by atoms with E-state index in [9.17, 15) is 4.79 Å². The van der Waals surface area contributed by atoms with E-state index in [0.717, 1.165) is 16.5 Å². The molecule has 0 aliphatic carbocycles. The zero-order chi connectivity index (χ0) is 12.3. The van der Waals surface area contributed by atoms with Crippen molar-refractivity contribution in [3.8, 4) is 0 Å². The SMILES string of the molecule is NCCc1ccn(C(=O)c2ccc(Br)cc2)c1. The predicted molar refractivity (Wildman–Crippen MR) is 71.1 cm³/mol. The zero-order valence-electron chi connectivity index (χ0n) is 9.27. The third kappa shape index (κ3) is 2.84. The number of benzene rings is 1. The van der Waals surface area contributed by atoms with Crippen LogP contribution in [0.2, 0.25) is 0 Å². The Hall–Kier alpha value is -1.39. The summed E-state index contributed by atoms with van der Waals surface area (Å²) < 4.78 is 2.55. The minimum atomic E-state index is -0.0271. The van der Waals surface area contributed by atoms with Crippen molar-refractivity contribution in [2.24, 2.45) is 5.73 Å². The van der Waals surface area contributed by atoms with E-state index in [1.54, 1.807) is 22.9 Å². The first-order valence-electron chi connectivity index (χ1n) is 5.38. The van der Waals surface area contributed by atoms with Gasteiger partial charge in [-0.1, -0.05) is 15.9 Å². The molecule has 2 N–H and O–H groups in total. The van der Waals surface area contributed by atoms with Crippen LogP contribution in [0.25, 0.3) is 0 Å². The number of hydrogen-bond donors (Lipinski definition) is 1. The highest BCUT2D eigenvalue weighted by Crippen LogP contribution is 2.12. The molecule has 0 amide bonds. The summed E-state index contributed by atoms with van der Waals surface area (Å²) in [7, 11) is 0. The van der Waals surface area contributed by atoms with Crippen LogP contribution in [0.3, 0.4) is 0 Å². The summed E-state index contributed by atoms with van der Waals surface area (Å²) >= 11 is 3.34. The Balaban J connectivity index is 2.21. The summed E-state index contributed by atoms with van der Waals surface area (Å²) in [6.07, 6.45) is 4.40. The summed E-state index contributed by atoms with van der Waals surface area (Å²) in [5.74, 6) is -0.0271. The lowest BCUT2D eigenvalue weighted by Crippen LogP contribution is -2.09. The summed E-state index contributed by atoms with van der Waals surface area (Å²) in [4.78, 5) is 12.1. The van der Waals surface area contributed by atoms with Crippen molar-refractivity contribution in [1.82, 2.24) is 4.57 Å². The molecular formula is C13H13BrN2O. The minimum absolute atomic E-state index is 0.0271. The number of nitrogens with two attached hydrogens (primary N) is 1. The number of carbonyl (C=O) groups is 1. The van der Waals surface area contributed by atoms with Crippen LogP contribution in [-0.4, -0.2) is 17.0 Å². The smallest absolute Gasteiger partial charge is 0.261 e. The molecule has 0 aliphatic heterocycles. The lowest BCUT2D eigenvalue weighted by molar-refractivity contribution is 0.0960. The monoisotopic (exact) mass is 292 g/mol. The quantitative estimate of drug-likeness (QED) is 0.945. The molecule has 1 heterocycles. The maximum Gasteiger partial charge on any atom is 0.261 e. The van der Waals surface area contributed by atoms with E-state index in [2.05, 4.69) is 15.9 Å².